The molecule has 0 atom stereocenters. The molecule has 0 saturated carbocycles. The Labute approximate surface area is 183 Å². The predicted octanol–water partition coefficient (Wildman–Crippen LogP) is 2.86. The third-order valence-corrected chi connectivity index (χ3v) is 7.81. The van der Waals surface area contributed by atoms with Gasteiger partial charge in [-0.3, -0.25) is 4.79 Å². The summed E-state index contributed by atoms with van der Waals surface area (Å²) in [4.78, 5) is 13.5. The van der Waals surface area contributed by atoms with Crippen molar-refractivity contribution in [1.82, 2.24) is 9.62 Å². The fraction of sp³-hybridized carbons (Fsp3) is 0.409. The van der Waals surface area contributed by atoms with Crippen molar-refractivity contribution in [2.24, 2.45) is 0 Å². The zero-order valence-corrected chi connectivity index (χ0v) is 18.8. The highest BCUT2D eigenvalue weighted by molar-refractivity contribution is 7.99. The molecule has 1 fully saturated rings. The third-order valence-electron chi connectivity index (χ3n) is 4.89. The van der Waals surface area contributed by atoms with Gasteiger partial charge in [0, 0.05) is 36.7 Å². The Kier molecular flexibility index (Phi) is 8.32. The van der Waals surface area contributed by atoms with Crippen molar-refractivity contribution >= 4 is 27.7 Å². The van der Waals surface area contributed by atoms with E-state index in [0.717, 1.165) is 11.3 Å². The number of morpholine rings is 1. The Hall–Kier alpha value is -1.87. The van der Waals surface area contributed by atoms with Crippen LogP contribution in [0.1, 0.15) is 17.5 Å². The van der Waals surface area contributed by atoms with Crippen LogP contribution in [-0.4, -0.2) is 57.2 Å². The van der Waals surface area contributed by atoms with E-state index >= 15 is 0 Å². The number of nitrogens with zero attached hydrogens (tertiary/aromatic N) is 1. The lowest BCUT2D eigenvalue weighted by atomic mass is 10.1. The second-order valence-electron chi connectivity index (χ2n) is 7.17. The first-order valence-corrected chi connectivity index (χ1v) is 12.5. The fourth-order valence-electron chi connectivity index (χ4n) is 3.10. The lowest BCUT2D eigenvalue weighted by molar-refractivity contribution is -0.120. The van der Waals surface area contributed by atoms with Gasteiger partial charge in [0.25, 0.3) is 0 Å². The van der Waals surface area contributed by atoms with E-state index in [1.165, 1.54) is 14.8 Å². The highest BCUT2D eigenvalue weighted by Gasteiger charge is 2.26. The van der Waals surface area contributed by atoms with E-state index in [1.54, 1.807) is 36.0 Å². The summed E-state index contributed by atoms with van der Waals surface area (Å²) in [6.07, 6.45) is 0.958. The van der Waals surface area contributed by atoms with Crippen LogP contribution in [0.25, 0.3) is 0 Å². The van der Waals surface area contributed by atoms with Gasteiger partial charge in [-0.05, 0) is 43.2 Å². The van der Waals surface area contributed by atoms with Crippen molar-refractivity contribution in [3.63, 3.8) is 0 Å². The van der Waals surface area contributed by atoms with Crippen molar-refractivity contribution in [2.45, 2.75) is 29.6 Å². The van der Waals surface area contributed by atoms with Gasteiger partial charge in [0.1, 0.15) is 0 Å². The van der Waals surface area contributed by atoms with Gasteiger partial charge in [-0.1, -0.05) is 29.8 Å². The summed E-state index contributed by atoms with van der Waals surface area (Å²) in [5.74, 6) is 0.827. The van der Waals surface area contributed by atoms with Gasteiger partial charge in [0.05, 0.1) is 18.1 Å². The Bertz CT molecular complexity index is 923. The monoisotopic (exact) mass is 448 g/mol. The first-order chi connectivity index (χ1) is 14.4. The molecule has 6 nitrogen and oxygen atoms in total. The van der Waals surface area contributed by atoms with Crippen LogP contribution in [-0.2, 0) is 26.0 Å². The van der Waals surface area contributed by atoms with E-state index in [1.807, 2.05) is 0 Å². The summed E-state index contributed by atoms with van der Waals surface area (Å²) in [6.45, 7) is 4.30. The summed E-state index contributed by atoms with van der Waals surface area (Å²) in [5, 5.41) is 2.94. The van der Waals surface area contributed by atoms with Crippen LogP contribution in [0.3, 0.4) is 0 Å². The summed E-state index contributed by atoms with van der Waals surface area (Å²) in [6, 6.07) is 15.2. The molecule has 0 radical (unpaired) electrons. The summed E-state index contributed by atoms with van der Waals surface area (Å²) in [5.41, 5.74) is 2.18. The molecule has 8 heteroatoms. The fourth-order valence-corrected chi connectivity index (χ4v) is 5.28. The van der Waals surface area contributed by atoms with Crippen LogP contribution in [0.2, 0.25) is 0 Å². The number of benzene rings is 2. The SMILES string of the molecule is Cc1ccc(SCCNC(=O)CCc2ccc(S(=O)(=O)N3CCOCC3)cc2)cc1. The highest BCUT2D eigenvalue weighted by atomic mass is 32.2. The van der Waals surface area contributed by atoms with Crippen LogP contribution in [0.15, 0.2) is 58.3 Å². The maximum Gasteiger partial charge on any atom is 0.243 e. The Morgan fingerprint density at radius 2 is 1.73 bits per heavy atom. The van der Waals surface area contributed by atoms with E-state index in [-0.39, 0.29) is 10.8 Å². The Balaban J connectivity index is 1.40. The Morgan fingerprint density at radius 3 is 2.40 bits per heavy atom. The molecule has 1 aliphatic rings. The molecule has 1 amide bonds. The van der Waals surface area contributed by atoms with Crippen LogP contribution >= 0.6 is 11.8 Å². The van der Waals surface area contributed by atoms with E-state index in [4.69, 9.17) is 4.74 Å². The van der Waals surface area contributed by atoms with Gasteiger partial charge in [0.15, 0.2) is 0 Å². The zero-order chi connectivity index (χ0) is 21.4. The van der Waals surface area contributed by atoms with Crippen LogP contribution in [0.4, 0.5) is 0 Å². The second-order valence-corrected chi connectivity index (χ2v) is 10.3. The molecular formula is C22H28N2O4S2. The number of amides is 1. The van der Waals surface area contributed by atoms with Gasteiger partial charge < -0.3 is 10.1 Å². The average molecular weight is 449 g/mol. The van der Waals surface area contributed by atoms with E-state index < -0.39 is 10.0 Å². The number of nitrogens with one attached hydrogen (secondary N) is 1. The van der Waals surface area contributed by atoms with Crippen molar-refractivity contribution in [3.05, 3.63) is 59.7 Å². The van der Waals surface area contributed by atoms with Crippen molar-refractivity contribution in [3.8, 4) is 0 Å². The number of sulfonamides is 1. The van der Waals surface area contributed by atoms with Crippen molar-refractivity contribution in [1.29, 1.82) is 0 Å². The van der Waals surface area contributed by atoms with Crippen molar-refractivity contribution < 1.29 is 17.9 Å². The molecule has 3 rings (SSSR count). The van der Waals surface area contributed by atoms with Gasteiger partial charge >= 0.3 is 0 Å². The number of carbonyl (C=O) groups excluding carboxylic acids is 1. The molecule has 0 aromatic heterocycles. The molecular weight excluding hydrogens is 420 g/mol. The maximum absolute atomic E-state index is 12.6. The van der Waals surface area contributed by atoms with Crippen LogP contribution in [0, 0.1) is 6.92 Å². The minimum absolute atomic E-state index is 0.00419. The highest BCUT2D eigenvalue weighted by Crippen LogP contribution is 2.19. The maximum atomic E-state index is 12.6. The molecule has 0 spiro atoms. The molecule has 0 bridgehead atoms. The minimum atomic E-state index is -3.48. The lowest BCUT2D eigenvalue weighted by Crippen LogP contribution is -2.40. The predicted molar refractivity (Wildman–Crippen MR) is 119 cm³/mol. The van der Waals surface area contributed by atoms with Crippen LogP contribution < -0.4 is 5.32 Å². The summed E-state index contributed by atoms with van der Waals surface area (Å²) < 4.78 is 31.9. The standard InChI is InChI=1S/C22H28N2O4S2/c1-18-2-7-20(8-3-18)29-17-12-23-22(25)11-6-19-4-9-21(10-5-19)30(26,27)24-13-15-28-16-14-24/h2-5,7-10H,6,11-17H2,1H3,(H,23,25). The number of carbonyl (C=O) groups is 1. The number of ether oxygens (including phenoxy) is 1. The summed E-state index contributed by atoms with van der Waals surface area (Å²) in [7, 11) is -3.48. The second kappa shape index (κ2) is 10.9. The van der Waals surface area contributed by atoms with E-state index in [0.29, 0.717) is 45.7 Å². The van der Waals surface area contributed by atoms with Gasteiger partial charge in [-0.15, -0.1) is 11.8 Å². The number of aryl methyl sites for hydroxylation is 2. The zero-order valence-electron chi connectivity index (χ0n) is 17.2. The molecule has 1 N–H and O–H groups in total. The van der Waals surface area contributed by atoms with Gasteiger partial charge in [0.2, 0.25) is 15.9 Å². The first kappa shape index (κ1) is 22.8. The number of hydrogen-bond donors (Lipinski definition) is 1. The van der Waals surface area contributed by atoms with E-state index in [9.17, 15) is 13.2 Å². The van der Waals surface area contributed by atoms with Gasteiger partial charge in [-0.25, -0.2) is 8.42 Å². The molecule has 0 unspecified atom stereocenters. The van der Waals surface area contributed by atoms with Crippen LogP contribution in [0.5, 0.6) is 0 Å². The van der Waals surface area contributed by atoms with E-state index in [2.05, 4.69) is 36.5 Å². The third kappa shape index (κ3) is 6.57. The number of hydrogen-bond acceptors (Lipinski definition) is 5. The average Bonchev–Trinajstić information content (AvgIpc) is 2.77. The Morgan fingerprint density at radius 1 is 1.07 bits per heavy atom. The molecule has 2 aromatic carbocycles. The topological polar surface area (TPSA) is 75.7 Å². The summed E-state index contributed by atoms with van der Waals surface area (Å²) >= 11 is 1.72. The lowest BCUT2D eigenvalue weighted by Gasteiger charge is -2.26. The van der Waals surface area contributed by atoms with Crippen molar-refractivity contribution in [2.75, 3.05) is 38.6 Å². The number of thioether (sulfide) groups is 1. The minimum Gasteiger partial charge on any atom is -0.379 e. The largest absolute Gasteiger partial charge is 0.379 e. The molecule has 2 aromatic rings. The smallest absolute Gasteiger partial charge is 0.243 e. The quantitative estimate of drug-likeness (QED) is 0.472. The molecule has 30 heavy (non-hydrogen) atoms. The normalized spacial score (nSPS) is 15.1. The molecule has 1 aliphatic heterocycles. The molecule has 1 heterocycles. The number of rotatable bonds is 9. The van der Waals surface area contributed by atoms with Gasteiger partial charge in [-0.2, -0.15) is 4.31 Å². The molecule has 162 valence electrons. The molecule has 1 saturated heterocycles. The molecule has 0 aliphatic carbocycles. The first-order valence-electron chi connectivity index (χ1n) is 10.1.